The average molecular weight is 532 g/mol. The first kappa shape index (κ1) is 23.9. The molecule has 0 amide bonds. The van der Waals surface area contributed by atoms with Crippen LogP contribution in [0.3, 0.4) is 0 Å². The Hall–Kier alpha value is -1.39. The summed E-state index contributed by atoms with van der Waals surface area (Å²) in [6.07, 6.45) is 5.66. The topological polar surface area (TPSA) is 61.6 Å². The molecule has 2 aromatic rings. The molecule has 2 heterocycles. The molecule has 1 saturated heterocycles. The molecule has 0 aliphatic carbocycles. The summed E-state index contributed by atoms with van der Waals surface area (Å²) in [4.78, 5) is 9.70. The molecule has 9 heteroatoms. The van der Waals surface area contributed by atoms with Crippen molar-refractivity contribution in [3.8, 4) is 0 Å². The van der Waals surface area contributed by atoms with Gasteiger partial charge in [-0.1, -0.05) is 23.7 Å². The predicted molar refractivity (Wildman–Crippen MR) is 129 cm³/mol. The van der Waals surface area contributed by atoms with E-state index in [1.807, 2.05) is 16.7 Å². The smallest absolute Gasteiger partial charge is 0.194 e. The standard InChI is InChI=1S/C20H30ClN7.HI/c1-2-22-20(23-9-3-4-10-27-16-24-25-17-27)28-13-11-26(12-14-28)15-18-5-7-19(21)8-6-18;/h5-8,16-17H,2-4,9-15H2,1H3,(H,22,23);1H. The number of nitrogens with zero attached hydrogens (tertiary/aromatic N) is 6. The minimum Gasteiger partial charge on any atom is -0.357 e. The molecule has 1 aliphatic heterocycles. The highest BCUT2D eigenvalue weighted by Crippen LogP contribution is 2.13. The van der Waals surface area contributed by atoms with Gasteiger partial charge in [-0.2, -0.15) is 0 Å². The van der Waals surface area contributed by atoms with E-state index < -0.39 is 0 Å². The Morgan fingerprint density at radius 2 is 1.76 bits per heavy atom. The number of guanidine groups is 1. The molecular formula is C20H31ClIN7. The van der Waals surface area contributed by atoms with Gasteiger partial charge < -0.3 is 14.8 Å². The second-order valence-electron chi connectivity index (χ2n) is 7.03. The third kappa shape index (κ3) is 8.10. The molecule has 0 unspecified atom stereocenters. The van der Waals surface area contributed by atoms with E-state index >= 15 is 0 Å². The van der Waals surface area contributed by atoms with Crippen molar-refractivity contribution in [1.82, 2.24) is 29.9 Å². The maximum Gasteiger partial charge on any atom is 0.194 e. The first-order valence-electron chi connectivity index (χ1n) is 10.1. The van der Waals surface area contributed by atoms with Gasteiger partial charge in [0.05, 0.1) is 0 Å². The number of rotatable bonds is 8. The molecule has 1 aromatic heterocycles. The molecule has 0 atom stereocenters. The van der Waals surface area contributed by atoms with Crippen molar-refractivity contribution >= 4 is 41.5 Å². The zero-order valence-corrected chi connectivity index (χ0v) is 20.1. The molecule has 0 saturated carbocycles. The monoisotopic (exact) mass is 531 g/mol. The molecule has 1 aliphatic rings. The third-order valence-corrected chi connectivity index (χ3v) is 5.13. The van der Waals surface area contributed by atoms with Crippen molar-refractivity contribution in [2.45, 2.75) is 32.9 Å². The van der Waals surface area contributed by atoms with Gasteiger partial charge in [-0.25, -0.2) is 0 Å². The van der Waals surface area contributed by atoms with Crippen molar-refractivity contribution in [1.29, 1.82) is 0 Å². The van der Waals surface area contributed by atoms with Gasteiger partial charge in [0.25, 0.3) is 0 Å². The molecule has 0 spiro atoms. The lowest BCUT2D eigenvalue weighted by molar-refractivity contribution is 0.172. The van der Waals surface area contributed by atoms with Crippen LogP contribution in [0, 0.1) is 0 Å². The minimum absolute atomic E-state index is 0. The molecule has 1 fully saturated rings. The molecule has 0 radical (unpaired) electrons. The van der Waals surface area contributed by atoms with Crippen molar-refractivity contribution in [3.05, 3.63) is 47.5 Å². The summed E-state index contributed by atoms with van der Waals surface area (Å²) in [5, 5.41) is 11.9. The van der Waals surface area contributed by atoms with E-state index in [0.717, 1.165) is 76.2 Å². The van der Waals surface area contributed by atoms with E-state index in [4.69, 9.17) is 16.6 Å². The fourth-order valence-electron chi connectivity index (χ4n) is 3.32. The van der Waals surface area contributed by atoms with Gasteiger partial charge >= 0.3 is 0 Å². The molecule has 0 bridgehead atoms. The van der Waals surface area contributed by atoms with Gasteiger partial charge in [-0.3, -0.25) is 9.89 Å². The van der Waals surface area contributed by atoms with Gasteiger partial charge in [-0.05, 0) is 37.5 Å². The lowest BCUT2D eigenvalue weighted by Gasteiger charge is -2.36. The fraction of sp³-hybridized carbons (Fsp3) is 0.550. The Labute approximate surface area is 195 Å². The molecule has 7 nitrogen and oxygen atoms in total. The SMILES string of the molecule is CCNC(=NCCCCn1cnnc1)N1CCN(Cc2ccc(Cl)cc2)CC1.I. The van der Waals surface area contributed by atoms with E-state index in [2.05, 4.69) is 44.4 Å². The Bertz CT molecular complexity index is 713. The highest BCUT2D eigenvalue weighted by atomic mass is 127. The summed E-state index contributed by atoms with van der Waals surface area (Å²) in [7, 11) is 0. The first-order valence-corrected chi connectivity index (χ1v) is 10.4. The van der Waals surface area contributed by atoms with Gasteiger partial charge in [0.2, 0.25) is 0 Å². The zero-order valence-electron chi connectivity index (χ0n) is 17.0. The molecule has 29 heavy (non-hydrogen) atoms. The van der Waals surface area contributed by atoms with Gasteiger partial charge in [-0.15, -0.1) is 34.2 Å². The summed E-state index contributed by atoms with van der Waals surface area (Å²) in [6.45, 7) is 9.87. The van der Waals surface area contributed by atoms with Gasteiger partial charge in [0.1, 0.15) is 12.7 Å². The minimum atomic E-state index is 0. The maximum absolute atomic E-state index is 5.98. The van der Waals surface area contributed by atoms with E-state index in [0.29, 0.717) is 0 Å². The lowest BCUT2D eigenvalue weighted by atomic mass is 10.2. The molecule has 1 N–H and O–H groups in total. The summed E-state index contributed by atoms with van der Waals surface area (Å²) < 4.78 is 2.01. The Kier molecular flexibility index (Phi) is 10.7. The Morgan fingerprint density at radius 3 is 2.41 bits per heavy atom. The van der Waals surface area contributed by atoms with E-state index in [1.54, 1.807) is 12.7 Å². The number of piperazine rings is 1. The molecule has 160 valence electrons. The lowest BCUT2D eigenvalue weighted by Crippen LogP contribution is -2.52. The highest BCUT2D eigenvalue weighted by Gasteiger charge is 2.19. The van der Waals surface area contributed by atoms with Crippen LogP contribution in [0.2, 0.25) is 5.02 Å². The molecule has 1 aromatic carbocycles. The molecule has 3 rings (SSSR count). The van der Waals surface area contributed by atoms with Crippen molar-refractivity contribution < 1.29 is 0 Å². The highest BCUT2D eigenvalue weighted by molar-refractivity contribution is 14.0. The number of aryl methyl sites for hydroxylation is 1. The van der Waals surface area contributed by atoms with E-state index in [9.17, 15) is 0 Å². The van der Waals surface area contributed by atoms with Crippen LogP contribution in [0.1, 0.15) is 25.3 Å². The van der Waals surface area contributed by atoms with Gasteiger partial charge in [0, 0.05) is 57.4 Å². The summed E-state index contributed by atoms with van der Waals surface area (Å²) in [5.74, 6) is 1.04. The number of unbranched alkanes of at least 4 members (excludes halogenated alkanes) is 1. The quantitative estimate of drug-likeness (QED) is 0.246. The number of nitrogens with one attached hydrogen (secondary N) is 1. The number of hydrogen-bond acceptors (Lipinski definition) is 4. The number of benzene rings is 1. The number of halogens is 2. The second kappa shape index (κ2) is 13.0. The summed E-state index contributed by atoms with van der Waals surface area (Å²) in [6, 6.07) is 8.15. The fourth-order valence-corrected chi connectivity index (χ4v) is 3.45. The van der Waals surface area contributed by atoms with Gasteiger partial charge in [0.15, 0.2) is 5.96 Å². The molecular weight excluding hydrogens is 501 g/mol. The Balaban J connectivity index is 0.00000300. The van der Waals surface area contributed by atoms with Crippen LogP contribution >= 0.6 is 35.6 Å². The normalized spacial score (nSPS) is 15.2. The second-order valence-corrected chi connectivity index (χ2v) is 7.47. The van der Waals surface area contributed by atoms with Crippen LogP contribution in [-0.2, 0) is 13.1 Å². The van der Waals surface area contributed by atoms with Crippen LogP contribution in [0.5, 0.6) is 0 Å². The van der Waals surface area contributed by atoms with E-state index in [-0.39, 0.29) is 24.0 Å². The van der Waals surface area contributed by atoms with Crippen LogP contribution < -0.4 is 5.32 Å². The van der Waals surface area contributed by atoms with Crippen LogP contribution in [0.4, 0.5) is 0 Å². The first-order chi connectivity index (χ1) is 13.7. The van der Waals surface area contributed by atoms with Crippen LogP contribution in [-0.4, -0.2) is 69.8 Å². The third-order valence-electron chi connectivity index (χ3n) is 4.88. The number of hydrogen-bond donors (Lipinski definition) is 1. The maximum atomic E-state index is 5.98. The van der Waals surface area contributed by atoms with Crippen LogP contribution in [0.25, 0.3) is 0 Å². The van der Waals surface area contributed by atoms with Crippen molar-refractivity contribution in [2.24, 2.45) is 4.99 Å². The number of aliphatic imine (C=N–C) groups is 1. The van der Waals surface area contributed by atoms with Crippen molar-refractivity contribution in [2.75, 3.05) is 39.3 Å². The Morgan fingerprint density at radius 1 is 1.07 bits per heavy atom. The number of aromatic nitrogens is 3. The van der Waals surface area contributed by atoms with E-state index in [1.165, 1.54) is 5.56 Å². The zero-order chi connectivity index (χ0) is 19.6. The largest absolute Gasteiger partial charge is 0.357 e. The average Bonchev–Trinajstić information content (AvgIpc) is 3.23. The summed E-state index contributed by atoms with van der Waals surface area (Å²) >= 11 is 5.98. The summed E-state index contributed by atoms with van der Waals surface area (Å²) in [5.41, 5.74) is 1.31. The van der Waals surface area contributed by atoms with Crippen molar-refractivity contribution in [3.63, 3.8) is 0 Å². The predicted octanol–water partition coefficient (Wildman–Crippen LogP) is 3.11. The van der Waals surface area contributed by atoms with Crippen LogP contribution in [0.15, 0.2) is 41.9 Å².